The Morgan fingerprint density at radius 3 is 2.54 bits per heavy atom. The number of carboxylic acid groups (broad SMARTS) is 1. The number of amides is 1. The van der Waals surface area contributed by atoms with Crippen molar-refractivity contribution in [1.82, 2.24) is 19.9 Å². The quantitative estimate of drug-likeness (QED) is 0.682. The predicted octanol–water partition coefficient (Wildman–Crippen LogP) is -0.364. The molecule has 3 heterocycles. The van der Waals surface area contributed by atoms with Gasteiger partial charge in [0.2, 0.25) is 5.91 Å². The molecule has 2 aromatic heterocycles. The van der Waals surface area contributed by atoms with Gasteiger partial charge in [-0.05, 0) is 24.6 Å². The van der Waals surface area contributed by atoms with Crippen LogP contribution in [0.3, 0.4) is 0 Å². The van der Waals surface area contributed by atoms with Gasteiger partial charge in [-0.2, -0.15) is 0 Å². The van der Waals surface area contributed by atoms with Gasteiger partial charge in [0.15, 0.2) is 0 Å². The van der Waals surface area contributed by atoms with Gasteiger partial charge < -0.3 is 15.0 Å². The summed E-state index contributed by atoms with van der Waals surface area (Å²) in [6.45, 7) is 1.87. The van der Waals surface area contributed by atoms with Gasteiger partial charge in [0.25, 0.3) is 5.56 Å². The van der Waals surface area contributed by atoms with Gasteiger partial charge in [-0.25, -0.2) is 4.79 Å². The molecule has 0 radical (unpaired) electrons. The summed E-state index contributed by atoms with van der Waals surface area (Å²) in [4.78, 5) is 57.3. The van der Waals surface area contributed by atoms with Crippen LogP contribution in [0.2, 0.25) is 0 Å². The smallest absolute Gasteiger partial charge is 0.325 e. The van der Waals surface area contributed by atoms with E-state index in [4.69, 9.17) is 0 Å². The number of carboxylic acids is 1. The molecule has 0 spiro atoms. The highest BCUT2D eigenvalue weighted by molar-refractivity contribution is 5.81. The number of pyridine rings is 1. The molecule has 3 rings (SSSR count). The summed E-state index contributed by atoms with van der Waals surface area (Å²) in [6, 6.07) is 3.48. The second kappa shape index (κ2) is 6.95. The number of carbonyl (C=O) groups excluding carboxylic acids is 1. The Labute approximate surface area is 147 Å². The highest BCUT2D eigenvalue weighted by Gasteiger charge is 2.40. The second-order valence-electron chi connectivity index (χ2n) is 6.32. The van der Waals surface area contributed by atoms with Gasteiger partial charge in [0.05, 0.1) is 12.3 Å². The van der Waals surface area contributed by atoms with Crippen molar-refractivity contribution < 1.29 is 14.7 Å². The maximum Gasteiger partial charge on any atom is 0.325 e. The number of aryl methyl sites for hydroxylation is 1. The third-order valence-electron chi connectivity index (χ3n) is 4.71. The zero-order chi connectivity index (χ0) is 18.8. The molecule has 1 aliphatic rings. The van der Waals surface area contributed by atoms with E-state index in [1.807, 2.05) is 0 Å². The van der Waals surface area contributed by atoms with Crippen LogP contribution in [0.15, 0.2) is 34.1 Å². The monoisotopic (exact) mass is 358 g/mol. The number of carbonyl (C=O) groups is 2. The molecule has 1 amide bonds. The van der Waals surface area contributed by atoms with E-state index in [1.54, 1.807) is 31.5 Å². The average molecular weight is 358 g/mol. The molecule has 1 fully saturated rings. The number of nitrogens with one attached hydrogen (secondary N) is 2. The van der Waals surface area contributed by atoms with Gasteiger partial charge in [0, 0.05) is 42.7 Å². The molecule has 0 aliphatic carbocycles. The first-order valence-corrected chi connectivity index (χ1v) is 8.09. The Morgan fingerprint density at radius 2 is 1.92 bits per heavy atom. The molecular formula is C17H18N4O5. The molecule has 2 aromatic rings. The molecule has 0 unspecified atom stereocenters. The summed E-state index contributed by atoms with van der Waals surface area (Å²) in [7, 11) is 0. The Morgan fingerprint density at radius 1 is 1.23 bits per heavy atom. The number of H-pyrrole nitrogens is 2. The minimum Gasteiger partial charge on any atom is -0.481 e. The van der Waals surface area contributed by atoms with Gasteiger partial charge in [-0.1, -0.05) is 0 Å². The standard InChI is InChI=1S/C17H18N4O5/c1-9-11(15(23)20-17(26)19-9)6-14(22)21-7-12(13(8-21)16(24)25)10-2-4-18-5-3-10/h2-5,12-13H,6-8H2,1H3,(H,24,25)(H2,19,20,23,26)/t12-,13+/m0/s1. The Balaban J connectivity index is 1.82. The van der Waals surface area contributed by atoms with Crippen LogP contribution in [0.5, 0.6) is 0 Å². The SMILES string of the molecule is Cc1[nH]c(=O)[nH]c(=O)c1CC(=O)N1C[C@@H](C(=O)O)[C@H](c2ccncc2)C1. The van der Waals surface area contributed by atoms with E-state index >= 15 is 0 Å². The average Bonchev–Trinajstić information content (AvgIpc) is 3.04. The van der Waals surface area contributed by atoms with E-state index in [0.717, 1.165) is 5.56 Å². The maximum atomic E-state index is 12.6. The van der Waals surface area contributed by atoms with Crippen LogP contribution in [-0.2, 0) is 16.0 Å². The minimum atomic E-state index is -0.972. The topological polar surface area (TPSA) is 136 Å². The lowest BCUT2D eigenvalue weighted by Gasteiger charge is -2.16. The summed E-state index contributed by atoms with van der Waals surface area (Å²) >= 11 is 0. The molecule has 9 nitrogen and oxygen atoms in total. The van der Waals surface area contributed by atoms with E-state index < -0.39 is 23.1 Å². The summed E-state index contributed by atoms with van der Waals surface area (Å²) in [6.07, 6.45) is 2.97. The lowest BCUT2D eigenvalue weighted by atomic mass is 9.90. The number of nitrogens with zero attached hydrogens (tertiary/aromatic N) is 2. The van der Waals surface area contributed by atoms with Crippen LogP contribution in [0.25, 0.3) is 0 Å². The number of hydrogen-bond acceptors (Lipinski definition) is 5. The number of hydrogen-bond donors (Lipinski definition) is 3. The van der Waals surface area contributed by atoms with Crippen LogP contribution in [0.1, 0.15) is 22.7 Å². The maximum absolute atomic E-state index is 12.6. The van der Waals surface area contributed by atoms with Crippen molar-refractivity contribution in [2.75, 3.05) is 13.1 Å². The molecule has 0 saturated carbocycles. The summed E-state index contributed by atoms with van der Waals surface area (Å²) in [5.74, 6) is -2.39. The van der Waals surface area contributed by atoms with Crippen molar-refractivity contribution in [3.63, 3.8) is 0 Å². The number of aromatic nitrogens is 3. The summed E-state index contributed by atoms with van der Waals surface area (Å²) in [5, 5.41) is 9.50. The first-order valence-electron chi connectivity index (χ1n) is 8.09. The van der Waals surface area contributed by atoms with Crippen molar-refractivity contribution in [3.05, 3.63) is 62.2 Å². The van der Waals surface area contributed by atoms with Gasteiger partial charge in [0.1, 0.15) is 0 Å². The van der Waals surface area contributed by atoms with Gasteiger partial charge >= 0.3 is 11.7 Å². The fourth-order valence-electron chi connectivity index (χ4n) is 3.31. The Bertz CT molecular complexity index is 950. The van der Waals surface area contributed by atoms with Crippen molar-refractivity contribution in [2.45, 2.75) is 19.3 Å². The number of aromatic amines is 2. The van der Waals surface area contributed by atoms with Crippen molar-refractivity contribution in [2.24, 2.45) is 5.92 Å². The first-order chi connectivity index (χ1) is 12.4. The minimum absolute atomic E-state index is 0.0709. The molecule has 136 valence electrons. The van der Waals surface area contributed by atoms with Gasteiger partial charge in [-0.3, -0.25) is 24.4 Å². The largest absolute Gasteiger partial charge is 0.481 e. The molecular weight excluding hydrogens is 340 g/mol. The number of likely N-dealkylation sites (tertiary alicyclic amines) is 1. The molecule has 0 bridgehead atoms. The second-order valence-corrected chi connectivity index (χ2v) is 6.32. The third kappa shape index (κ3) is 3.41. The molecule has 0 aromatic carbocycles. The Kier molecular flexibility index (Phi) is 4.70. The number of rotatable bonds is 4. The fourth-order valence-corrected chi connectivity index (χ4v) is 3.31. The van der Waals surface area contributed by atoms with Crippen LogP contribution in [0, 0.1) is 12.8 Å². The zero-order valence-corrected chi connectivity index (χ0v) is 14.1. The van der Waals surface area contributed by atoms with E-state index in [0.29, 0.717) is 5.69 Å². The normalized spacial score (nSPS) is 19.5. The van der Waals surface area contributed by atoms with E-state index in [-0.39, 0.29) is 36.9 Å². The molecule has 1 aliphatic heterocycles. The predicted molar refractivity (Wildman–Crippen MR) is 90.8 cm³/mol. The molecule has 26 heavy (non-hydrogen) atoms. The van der Waals surface area contributed by atoms with Crippen LogP contribution in [-0.4, -0.2) is 49.9 Å². The van der Waals surface area contributed by atoms with Gasteiger partial charge in [-0.15, -0.1) is 0 Å². The number of aliphatic carboxylic acids is 1. The molecule has 3 N–H and O–H groups in total. The van der Waals surface area contributed by atoms with Crippen LogP contribution in [0.4, 0.5) is 0 Å². The molecule has 1 saturated heterocycles. The summed E-state index contributed by atoms with van der Waals surface area (Å²) in [5.41, 5.74) is 0.0641. The third-order valence-corrected chi connectivity index (χ3v) is 4.71. The van der Waals surface area contributed by atoms with Crippen molar-refractivity contribution in [1.29, 1.82) is 0 Å². The summed E-state index contributed by atoms with van der Waals surface area (Å²) < 4.78 is 0. The van der Waals surface area contributed by atoms with Crippen LogP contribution < -0.4 is 11.2 Å². The Hall–Kier alpha value is -3.23. The van der Waals surface area contributed by atoms with E-state index in [1.165, 1.54) is 4.90 Å². The fraction of sp³-hybridized carbons (Fsp3) is 0.353. The highest BCUT2D eigenvalue weighted by atomic mass is 16.4. The lowest BCUT2D eigenvalue weighted by molar-refractivity contribution is -0.141. The first kappa shape index (κ1) is 17.6. The molecule has 2 atom stereocenters. The lowest BCUT2D eigenvalue weighted by Crippen LogP contribution is -2.35. The van der Waals surface area contributed by atoms with Crippen LogP contribution >= 0.6 is 0 Å². The zero-order valence-electron chi connectivity index (χ0n) is 14.1. The van der Waals surface area contributed by atoms with E-state index in [9.17, 15) is 24.3 Å². The van der Waals surface area contributed by atoms with Crippen molar-refractivity contribution in [3.8, 4) is 0 Å². The van der Waals surface area contributed by atoms with Crippen molar-refractivity contribution >= 4 is 11.9 Å². The highest BCUT2D eigenvalue weighted by Crippen LogP contribution is 2.32. The van der Waals surface area contributed by atoms with E-state index in [2.05, 4.69) is 15.0 Å². The molecule has 9 heteroatoms.